The van der Waals surface area contributed by atoms with Gasteiger partial charge < -0.3 is 24.8 Å². The van der Waals surface area contributed by atoms with Crippen LogP contribution in [-0.2, 0) is 17.4 Å². The van der Waals surface area contributed by atoms with E-state index in [2.05, 4.69) is 184 Å². The Morgan fingerprint density at radius 3 is 1.15 bits per heavy atom. The van der Waals surface area contributed by atoms with Crippen LogP contribution in [-0.4, -0.2) is 3.81 Å². The van der Waals surface area contributed by atoms with Gasteiger partial charge in [-0.25, -0.2) is 0 Å². The predicted molar refractivity (Wildman–Crippen MR) is 193 cm³/mol. The van der Waals surface area contributed by atoms with Crippen LogP contribution < -0.4 is 24.8 Å². The van der Waals surface area contributed by atoms with Crippen LogP contribution in [0.4, 0.5) is 0 Å². The van der Waals surface area contributed by atoms with E-state index in [1.54, 1.807) is 3.81 Å². The van der Waals surface area contributed by atoms with E-state index in [0.717, 1.165) is 0 Å². The number of allylic oxidation sites excluding steroid dienone is 4. The van der Waals surface area contributed by atoms with Crippen molar-refractivity contribution in [1.29, 1.82) is 0 Å². The summed E-state index contributed by atoms with van der Waals surface area (Å²) in [6, 6.07) is 58.5. The maximum absolute atomic E-state index is 2.63. The molecule has 8 rings (SSSR count). The van der Waals surface area contributed by atoms with Crippen molar-refractivity contribution < 1.29 is 42.2 Å². The molecular weight excluding hydrogens is 659 g/mol. The second-order valence-electron chi connectivity index (χ2n) is 12.6. The predicted octanol–water partition coefficient (Wildman–Crippen LogP) is 5.53. The fraction of sp³-hybridized carbons (Fsp3) is 0.0889. The second-order valence-corrected chi connectivity index (χ2v) is 16.7. The van der Waals surface area contributed by atoms with E-state index < -0.39 is 17.4 Å². The molecule has 0 fully saturated rings. The molecule has 0 saturated carbocycles. The quantitative estimate of drug-likeness (QED) is 0.201. The Labute approximate surface area is 303 Å². The first-order valence-electron chi connectivity index (χ1n) is 16.3. The molecule has 6 aromatic rings. The van der Waals surface area contributed by atoms with Gasteiger partial charge in [-0.15, -0.1) is 0 Å². The summed E-state index contributed by atoms with van der Waals surface area (Å²) in [7, 11) is 0. The molecule has 2 aliphatic carbocycles. The third-order valence-corrected chi connectivity index (χ3v) is 15.1. The van der Waals surface area contributed by atoms with Gasteiger partial charge in [-0.2, -0.15) is 0 Å². The van der Waals surface area contributed by atoms with Crippen molar-refractivity contribution in [2.75, 3.05) is 0 Å². The number of rotatable bonds is 6. The van der Waals surface area contributed by atoms with Gasteiger partial charge in [0.2, 0.25) is 0 Å². The van der Waals surface area contributed by atoms with Crippen LogP contribution in [0.5, 0.6) is 0 Å². The van der Waals surface area contributed by atoms with Crippen molar-refractivity contribution in [1.82, 2.24) is 0 Å². The standard InChI is InChI=1S/2C16H13.C13H10.2ClH.Ti/c2*1-12-7-8-14-9-10-15(11-16(12)14)13-5-3-2-4-6-13;1-3-7-12(8-4-1)11-13-9-5-2-6-10-13;;;/h2*2-11H,1H3;1-10H;2*1H;/q;;;;;+2/p-2. The molecule has 0 N–H and O–H groups in total. The average Bonchev–Trinajstić information content (AvgIpc) is 3.63. The molecule has 0 nitrogen and oxygen atoms in total. The van der Waals surface area contributed by atoms with Crippen molar-refractivity contribution in [3.63, 3.8) is 0 Å². The van der Waals surface area contributed by atoms with Crippen LogP contribution in [0.15, 0.2) is 170 Å². The van der Waals surface area contributed by atoms with E-state index in [4.69, 9.17) is 0 Å². The maximum Gasteiger partial charge on any atom is -1.00 e. The first-order valence-corrected chi connectivity index (χ1v) is 18.9. The molecule has 0 radical (unpaired) electrons. The summed E-state index contributed by atoms with van der Waals surface area (Å²) < 4.78 is 2.36. The molecule has 234 valence electrons. The molecule has 2 atom stereocenters. The smallest absolute Gasteiger partial charge is 1.00 e. The van der Waals surface area contributed by atoms with Gasteiger partial charge >= 0.3 is 280 Å². The van der Waals surface area contributed by atoms with E-state index in [0.29, 0.717) is 8.45 Å². The minimum atomic E-state index is -2.29. The van der Waals surface area contributed by atoms with Crippen LogP contribution in [0.3, 0.4) is 0 Å². The number of hydrogen-bond donors (Lipinski definition) is 0. The van der Waals surface area contributed by atoms with Gasteiger partial charge in [0.15, 0.2) is 0 Å². The Bertz CT molecular complexity index is 1990. The van der Waals surface area contributed by atoms with Crippen LogP contribution in [0, 0.1) is 0 Å². The van der Waals surface area contributed by atoms with E-state index in [9.17, 15) is 0 Å². The molecule has 2 aliphatic rings. The Morgan fingerprint density at radius 1 is 0.417 bits per heavy atom. The van der Waals surface area contributed by atoms with E-state index >= 15 is 0 Å². The summed E-state index contributed by atoms with van der Waals surface area (Å²) >= 11 is -2.29. The van der Waals surface area contributed by atoms with E-state index in [1.165, 1.54) is 66.8 Å². The van der Waals surface area contributed by atoms with Gasteiger partial charge in [0, 0.05) is 0 Å². The van der Waals surface area contributed by atoms with Gasteiger partial charge in [-0.1, -0.05) is 0 Å². The minimum Gasteiger partial charge on any atom is -1.00 e. The molecule has 0 spiro atoms. The summed E-state index contributed by atoms with van der Waals surface area (Å²) in [5.41, 5.74) is 16.5. The Kier molecular flexibility index (Phi) is 10.3. The summed E-state index contributed by atoms with van der Waals surface area (Å²) in [6.07, 6.45) is 5.25. The molecule has 3 heteroatoms. The summed E-state index contributed by atoms with van der Waals surface area (Å²) in [5.74, 6) is 0. The van der Waals surface area contributed by atoms with Crippen molar-refractivity contribution in [2.24, 2.45) is 0 Å². The number of benzene rings is 6. The summed E-state index contributed by atoms with van der Waals surface area (Å²) in [4.78, 5) is 0. The Morgan fingerprint density at radius 2 is 0.771 bits per heavy atom. The van der Waals surface area contributed by atoms with E-state index in [1.807, 2.05) is 0 Å². The zero-order chi connectivity index (χ0) is 31.0. The van der Waals surface area contributed by atoms with Crippen molar-refractivity contribution in [3.8, 4) is 22.3 Å². The fourth-order valence-electron chi connectivity index (χ4n) is 7.55. The average molecular weight is 696 g/mol. The SMILES string of the molecule is CC1=C[CH]([Ti+2](=[C](c2ccccc2)c2ccccc2)[CH]2C=C(C)c3cc(-c4ccccc4)ccc32)c2ccc(-c3ccccc3)cc21.[Cl-].[Cl-]. The fourth-order valence-corrected chi connectivity index (χ4v) is 13.9. The molecule has 2 unspecified atom stereocenters. The molecular formula is C45H36Cl2Ti. The van der Waals surface area contributed by atoms with Gasteiger partial charge in [0.05, 0.1) is 0 Å². The molecule has 0 aliphatic heterocycles. The molecule has 48 heavy (non-hydrogen) atoms. The first kappa shape index (κ1) is 33.8. The third kappa shape index (κ3) is 6.27. The molecule has 0 amide bonds. The first-order chi connectivity index (χ1) is 22.7. The molecule has 0 heterocycles. The molecule has 6 aromatic carbocycles. The van der Waals surface area contributed by atoms with Crippen molar-refractivity contribution in [3.05, 3.63) is 203 Å². The Hall–Kier alpha value is -4.04. The normalized spacial score (nSPS) is 15.4. The number of fused-ring (bicyclic) bond motifs is 2. The minimum absolute atomic E-state index is 0. The maximum atomic E-state index is 2.63. The Balaban J connectivity index is 0.00000201. The number of hydrogen-bond acceptors (Lipinski definition) is 0. The largest absolute Gasteiger partial charge is 1.00 e. The molecule has 0 saturated heterocycles. The van der Waals surface area contributed by atoms with Crippen LogP contribution in [0.25, 0.3) is 33.4 Å². The van der Waals surface area contributed by atoms with E-state index in [-0.39, 0.29) is 24.8 Å². The van der Waals surface area contributed by atoms with Crippen LogP contribution >= 0.6 is 0 Å². The van der Waals surface area contributed by atoms with Gasteiger partial charge in [-0.3, -0.25) is 0 Å². The second kappa shape index (κ2) is 14.6. The summed E-state index contributed by atoms with van der Waals surface area (Å²) in [5, 5.41) is 0. The zero-order valence-corrected chi connectivity index (χ0v) is 30.1. The third-order valence-electron chi connectivity index (χ3n) is 9.76. The number of halogens is 2. The zero-order valence-electron chi connectivity index (χ0n) is 27.1. The van der Waals surface area contributed by atoms with Gasteiger partial charge in [0.25, 0.3) is 0 Å². The van der Waals surface area contributed by atoms with Crippen molar-refractivity contribution >= 4 is 15.0 Å². The monoisotopic (exact) mass is 694 g/mol. The van der Waals surface area contributed by atoms with Gasteiger partial charge in [-0.05, 0) is 0 Å². The van der Waals surface area contributed by atoms with Crippen LogP contribution in [0.2, 0.25) is 0 Å². The van der Waals surface area contributed by atoms with Gasteiger partial charge in [0.1, 0.15) is 0 Å². The van der Waals surface area contributed by atoms with Crippen LogP contribution in [0.1, 0.15) is 55.7 Å². The molecule has 0 aromatic heterocycles. The van der Waals surface area contributed by atoms with Crippen molar-refractivity contribution in [2.45, 2.75) is 22.3 Å². The summed E-state index contributed by atoms with van der Waals surface area (Å²) in [6.45, 7) is 4.65. The molecule has 0 bridgehead atoms. The topological polar surface area (TPSA) is 0 Å².